The van der Waals surface area contributed by atoms with Crippen LogP contribution in [0.5, 0.6) is 0 Å². The third-order valence-electron chi connectivity index (χ3n) is 1.48. The minimum absolute atomic E-state index is 0.740. The van der Waals surface area contributed by atoms with Gasteiger partial charge in [0, 0.05) is 10.6 Å². The number of aldehydes is 1. The molecule has 0 fully saturated rings. The molecule has 0 saturated heterocycles. The molecule has 0 aromatic rings. The highest BCUT2D eigenvalue weighted by atomic mass is 35.5. The van der Waals surface area contributed by atoms with E-state index in [0.29, 0.717) is 0 Å². The van der Waals surface area contributed by atoms with Gasteiger partial charge in [-0.1, -0.05) is 38.3 Å². The van der Waals surface area contributed by atoms with Crippen molar-refractivity contribution in [1.29, 1.82) is 0 Å². The van der Waals surface area contributed by atoms with Gasteiger partial charge < -0.3 is 0 Å². The lowest BCUT2D eigenvalue weighted by Crippen LogP contribution is -1.88. The van der Waals surface area contributed by atoms with Crippen molar-refractivity contribution >= 4 is 17.9 Å². The summed E-state index contributed by atoms with van der Waals surface area (Å²) in [6.07, 6.45) is 4.49. The fraction of sp³-hybridized carbons (Fsp3) is 0.667. The largest absolute Gasteiger partial charge is 0.298 e. The van der Waals surface area contributed by atoms with Crippen molar-refractivity contribution in [3.8, 4) is 0 Å². The zero-order valence-corrected chi connectivity index (χ0v) is 7.95. The Hall–Kier alpha value is -0.300. The molecule has 0 amide bonds. The Morgan fingerprint density at radius 2 is 1.82 bits per heavy atom. The van der Waals surface area contributed by atoms with E-state index in [1.165, 1.54) is 0 Å². The van der Waals surface area contributed by atoms with E-state index in [1.807, 2.05) is 6.92 Å². The number of hydrogen-bond acceptors (Lipinski definition) is 1. The summed E-state index contributed by atoms with van der Waals surface area (Å²) in [7, 11) is 0. The Balaban J connectivity index is 4.14. The molecule has 2 heteroatoms. The first-order chi connectivity index (χ1) is 5.26. The van der Waals surface area contributed by atoms with Crippen LogP contribution >= 0.6 is 11.6 Å². The van der Waals surface area contributed by atoms with Crippen molar-refractivity contribution in [3.05, 3.63) is 10.6 Å². The summed E-state index contributed by atoms with van der Waals surface area (Å²) in [5, 5.41) is 0.740. The van der Waals surface area contributed by atoms with E-state index in [-0.39, 0.29) is 0 Å². The van der Waals surface area contributed by atoms with Crippen molar-refractivity contribution in [2.75, 3.05) is 0 Å². The van der Waals surface area contributed by atoms with Gasteiger partial charge in [0.25, 0.3) is 0 Å². The van der Waals surface area contributed by atoms with Crippen LogP contribution in [0.3, 0.4) is 0 Å². The maximum atomic E-state index is 10.5. The first-order valence-electron chi connectivity index (χ1n) is 4.08. The molecule has 11 heavy (non-hydrogen) atoms. The molecule has 0 heterocycles. The molecule has 0 radical (unpaired) electrons. The second-order valence-electron chi connectivity index (χ2n) is 2.55. The second-order valence-corrected chi connectivity index (χ2v) is 3.00. The summed E-state index contributed by atoms with van der Waals surface area (Å²) in [6, 6.07) is 0. The van der Waals surface area contributed by atoms with Gasteiger partial charge in [-0.15, -0.1) is 0 Å². The number of hydrogen-bond donors (Lipinski definition) is 0. The molecule has 0 aliphatic heterocycles. The maximum Gasteiger partial charge on any atom is 0.147 e. The van der Waals surface area contributed by atoms with Gasteiger partial charge >= 0.3 is 0 Å². The quantitative estimate of drug-likeness (QED) is 0.462. The molecule has 0 rings (SSSR count). The van der Waals surface area contributed by atoms with Crippen LogP contribution in [0.2, 0.25) is 0 Å². The number of allylic oxidation sites excluding steroid dienone is 2. The van der Waals surface area contributed by atoms with E-state index < -0.39 is 0 Å². The van der Waals surface area contributed by atoms with Gasteiger partial charge in [-0.2, -0.15) is 0 Å². The van der Waals surface area contributed by atoms with Crippen molar-refractivity contribution in [3.63, 3.8) is 0 Å². The van der Waals surface area contributed by atoms with Crippen LogP contribution in [0.15, 0.2) is 10.6 Å². The molecule has 0 aromatic carbocycles. The van der Waals surface area contributed by atoms with Gasteiger partial charge in [0.15, 0.2) is 0 Å². The van der Waals surface area contributed by atoms with Gasteiger partial charge in [0.2, 0.25) is 0 Å². The Morgan fingerprint density at radius 1 is 1.27 bits per heavy atom. The summed E-state index contributed by atoms with van der Waals surface area (Å²) < 4.78 is 0. The van der Waals surface area contributed by atoms with E-state index in [4.69, 9.17) is 11.6 Å². The number of carbonyl (C=O) groups excluding carboxylic acids is 1. The monoisotopic (exact) mass is 174 g/mol. The van der Waals surface area contributed by atoms with E-state index in [0.717, 1.165) is 42.6 Å². The number of halogens is 1. The van der Waals surface area contributed by atoms with Crippen LogP contribution in [0.4, 0.5) is 0 Å². The smallest absolute Gasteiger partial charge is 0.147 e. The van der Waals surface area contributed by atoms with Gasteiger partial charge in [-0.05, 0) is 12.8 Å². The van der Waals surface area contributed by atoms with E-state index in [1.54, 1.807) is 0 Å². The zero-order chi connectivity index (χ0) is 8.69. The molecule has 0 bridgehead atoms. The molecule has 0 unspecified atom stereocenters. The highest BCUT2D eigenvalue weighted by molar-refractivity contribution is 6.31. The van der Waals surface area contributed by atoms with Gasteiger partial charge in [0.1, 0.15) is 6.29 Å². The molecule has 0 aromatic heterocycles. The fourth-order valence-electron chi connectivity index (χ4n) is 0.908. The van der Waals surface area contributed by atoms with Crippen molar-refractivity contribution in [1.82, 2.24) is 0 Å². The van der Waals surface area contributed by atoms with Crippen LogP contribution < -0.4 is 0 Å². The number of carbonyl (C=O) groups is 1. The second kappa shape index (κ2) is 6.41. The first-order valence-corrected chi connectivity index (χ1v) is 4.46. The minimum atomic E-state index is 0.740. The van der Waals surface area contributed by atoms with Crippen LogP contribution in [0.1, 0.15) is 39.5 Å². The molecule has 0 atom stereocenters. The molecular weight excluding hydrogens is 160 g/mol. The van der Waals surface area contributed by atoms with E-state index in [9.17, 15) is 4.79 Å². The molecule has 0 spiro atoms. The van der Waals surface area contributed by atoms with Crippen LogP contribution in [-0.4, -0.2) is 6.29 Å². The van der Waals surface area contributed by atoms with E-state index in [2.05, 4.69) is 6.92 Å². The van der Waals surface area contributed by atoms with Gasteiger partial charge in [-0.3, -0.25) is 4.79 Å². The Kier molecular flexibility index (Phi) is 6.24. The summed E-state index contributed by atoms with van der Waals surface area (Å²) in [6.45, 7) is 4.09. The molecule has 0 saturated carbocycles. The summed E-state index contributed by atoms with van der Waals surface area (Å²) >= 11 is 5.87. The first kappa shape index (κ1) is 10.7. The highest BCUT2D eigenvalue weighted by Gasteiger charge is 2.00. The Bertz CT molecular complexity index is 150. The van der Waals surface area contributed by atoms with E-state index >= 15 is 0 Å². The lowest BCUT2D eigenvalue weighted by molar-refractivity contribution is -0.105. The molecular formula is C9H15ClO. The predicted molar refractivity (Wildman–Crippen MR) is 48.8 cm³/mol. The summed E-state index contributed by atoms with van der Waals surface area (Å²) in [4.78, 5) is 10.5. The standard InChI is InChI=1S/C9H15ClO/c1-3-5-8(7-11)9(10)6-4-2/h7H,3-6H2,1-2H3/b9-8-. The van der Waals surface area contributed by atoms with Crippen LogP contribution in [-0.2, 0) is 4.79 Å². The molecule has 0 N–H and O–H groups in total. The van der Waals surface area contributed by atoms with Crippen molar-refractivity contribution in [2.45, 2.75) is 39.5 Å². The maximum absolute atomic E-state index is 10.5. The topological polar surface area (TPSA) is 17.1 Å². The lowest BCUT2D eigenvalue weighted by atomic mass is 10.1. The summed E-state index contributed by atoms with van der Waals surface area (Å²) in [5.41, 5.74) is 0.774. The molecule has 0 aliphatic rings. The Labute approximate surface area is 73.4 Å². The Morgan fingerprint density at radius 3 is 2.18 bits per heavy atom. The predicted octanol–water partition coefficient (Wildman–Crippen LogP) is 3.28. The third kappa shape index (κ3) is 4.20. The van der Waals surface area contributed by atoms with Gasteiger partial charge in [-0.25, -0.2) is 0 Å². The normalized spacial score (nSPS) is 12.6. The van der Waals surface area contributed by atoms with Gasteiger partial charge in [0.05, 0.1) is 0 Å². The zero-order valence-electron chi connectivity index (χ0n) is 7.19. The highest BCUT2D eigenvalue weighted by Crippen LogP contribution is 2.17. The average Bonchev–Trinajstić information content (AvgIpc) is 2.00. The molecule has 64 valence electrons. The van der Waals surface area contributed by atoms with Crippen LogP contribution in [0, 0.1) is 0 Å². The SMILES string of the molecule is CCC/C(Cl)=C(/C=O)CCC. The van der Waals surface area contributed by atoms with Crippen molar-refractivity contribution < 1.29 is 4.79 Å². The minimum Gasteiger partial charge on any atom is -0.298 e. The molecule has 1 nitrogen and oxygen atoms in total. The fourth-order valence-corrected chi connectivity index (χ4v) is 1.24. The molecule has 0 aliphatic carbocycles. The third-order valence-corrected chi connectivity index (χ3v) is 1.91. The van der Waals surface area contributed by atoms with Crippen molar-refractivity contribution in [2.24, 2.45) is 0 Å². The summed E-state index contributed by atoms with van der Waals surface area (Å²) in [5.74, 6) is 0. The number of rotatable bonds is 5. The average molecular weight is 175 g/mol. The lowest BCUT2D eigenvalue weighted by Gasteiger charge is -2.00. The van der Waals surface area contributed by atoms with Crippen LogP contribution in [0.25, 0.3) is 0 Å².